The number of anilines is 1. The normalized spacial score (nSPS) is 17.0. The highest BCUT2D eigenvalue weighted by Crippen LogP contribution is 2.25. The van der Waals surface area contributed by atoms with Crippen molar-refractivity contribution in [3.05, 3.63) is 34.5 Å². The Morgan fingerprint density at radius 1 is 1.30 bits per heavy atom. The fourth-order valence-electron chi connectivity index (χ4n) is 3.45. The average Bonchev–Trinajstić information content (AvgIpc) is 3.21. The maximum Gasteiger partial charge on any atom is 0.289 e. The molecule has 0 aromatic carbocycles. The van der Waals surface area contributed by atoms with Crippen molar-refractivity contribution >= 4 is 11.7 Å². The van der Waals surface area contributed by atoms with Crippen LogP contribution in [0.3, 0.4) is 0 Å². The smallest absolute Gasteiger partial charge is 0.289 e. The Labute approximate surface area is 160 Å². The molecule has 1 amide bonds. The molecule has 8 nitrogen and oxygen atoms in total. The molecule has 1 N–H and O–H groups in total. The molecule has 8 heteroatoms. The van der Waals surface area contributed by atoms with Crippen molar-refractivity contribution < 1.29 is 4.79 Å². The molecule has 3 rings (SSSR count). The van der Waals surface area contributed by atoms with Gasteiger partial charge in [-0.3, -0.25) is 9.48 Å². The zero-order chi connectivity index (χ0) is 19.7. The highest BCUT2D eigenvalue weighted by molar-refractivity contribution is 5.91. The van der Waals surface area contributed by atoms with Crippen molar-refractivity contribution in [3.63, 3.8) is 0 Å². The van der Waals surface area contributed by atoms with Gasteiger partial charge in [0.25, 0.3) is 5.91 Å². The predicted octanol–water partition coefficient (Wildman–Crippen LogP) is 1.21. The third kappa shape index (κ3) is 4.10. The van der Waals surface area contributed by atoms with Crippen LogP contribution in [0.5, 0.6) is 0 Å². The first-order chi connectivity index (χ1) is 12.8. The summed E-state index contributed by atoms with van der Waals surface area (Å²) in [5.41, 5.74) is 3.77. The molecule has 27 heavy (non-hydrogen) atoms. The van der Waals surface area contributed by atoms with Crippen LogP contribution in [-0.2, 0) is 13.6 Å². The van der Waals surface area contributed by atoms with Crippen molar-refractivity contribution in [1.29, 1.82) is 0 Å². The Bertz CT molecular complexity index is 843. The number of amides is 1. The summed E-state index contributed by atoms with van der Waals surface area (Å²) in [4.78, 5) is 26.2. The monoisotopic (exact) mass is 371 g/mol. The second-order valence-corrected chi connectivity index (χ2v) is 7.55. The summed E-state index contributed by atoms with van der Waals surface area (Å²) in [6.45, 7) is 8.15. The molecule has 3 heterocycles. The number of aromatic nitrogens is 4. The molecule has 1 aliphatic rings. The molecule has 0 spiro atoms. The summed E-state index contributed by atoms with van der Waals surface area (Å²) in [6, 6.07) is 0.504. The van der Waals surface area contributed by atoms with Gasteiger partial charge in [-0.05, 0) is 46.9 Å². The lowest BCUT2D eigenvalue weighted by Gasteiger charge is -2.23. The van der Waals surface area contributed by atoms with Crippen LogP contribution < -0.4 is 10.2 Å². The molecule has 1 saturated heterocycles. The fourth-order valence-corrected chi connectivity index (χ4v) is 3.45. The zero-order valence-electron chi connectivity index (χ0n) is 17.1. The lowest BCUT2D eigenvalue weighted by molar-refractivity contribution is 0.0939. The van der Waals surface area contributed by atoms with Crippen LogP contribution in [0, 0.1) is 20.8 Å². The Balaban J connectivity index is 1.77. The van der Waals surface area contributed by atoms with Gasteiger partial charge in [0.1, 0.15) is 5.82 Å². The minimum atomic E-state index is -0.271. The van der Waals surface area contributed by atoms with Gasteiger partial charge >= 0.3 is 0 Å². The molecule has 0 aliphatic carbocycles. The van der Waals surface area contributed by atoms with Crippen molar-refractivity contribution in [2.24, 2.45) is 7.05 Å². The largest absolute Gasteiger partial charge is 0.355 e. The van der Waals surface area contributed by atoms with Gasteiger partial charge < -0.3 is 15.1 Å². The second-order valence-electron chi connectivity index (χ2n) is 7.55. The van der Waals surface area contributed by atoms with E-state index in [1.165, 1.54) is 0 Å². The highest BCUT2D eigenvalue weighted by Gasteiger charge is 2.27. The molecule has 0 radical (unpaired) electrons. The summed E-state index contributed by atoms with van der Waals surface area (Å²) < 4.78 is 1.75. The number of aryl methyl sites for hydroxylation is 3. The van der Waals surface area contributed by atoms with Crippen molar-refractivity contribution in [2.45, 2.75) is 39.8 Å². The minimum absolute atomic E-state index is 0.218. The van der Waals surface area contributed by atoms with E-state index < -0.39 is 0 Å². The summed E-state index contributed by atoms with van der Waals surface area (Å²) in [5, 5.41) is 7.26. The van der Waals surface area contributed by atoms with Gasteiger partial charge in [-0.2, -0.15) is 5.10 Å². The first kappa shape index (κ1) is 19.3. The van der Waals surface area contributed by atoms with Gasteiger partial charge in [-0.15, -0.1) is 0 Å². The minimum Gasteiger partial charge on any atom is -0.355 e. The maximum absolute atomic E-state index is 12.6. The van der Waals surface area contributed by atoms with Crippen molar-refractivity contribution in [1.82, 2.24) is 30.0 Å². The van der Waals surface area contributed by atoms with Crippen LogP contribution in [0.15, 0.2) is 6.20 Å². The second kappa shape index (κ2) is 7.64. The molecule has 1 fully saturated rings. The summed E-state index contributed by atoms with van der Waals surface area (Å²) >= 11 is 0. The van der Waals surface area contributed by atoms with E-state index in [0.717, 1.165) is 47.8 Å². The number of likely N-dealkylation sites (N-methyl/N-ethyl adjacent to an activating group) is 1. The van der Waals surface area contributed by atoms with Crippen LogP contribution in [-0.4, -0.2) is 63.8 Å². The molecule has 1 aliphatic heterocycles. The first-order valence-corrected chi connectivity index (χ1v) is 9.30. The van der Waals surface area contributed by atoms with Gasteiger partial charge in [-0.25, -0.2) is 9.97 Å². The zero-order valence-corrected chi connectivity index (χ0v) is 17.1. The van der Waals surface area contributed by atoms with Crippen molar-refractivity contribution in [2.75, 3.05) is 32.1 Å². The average molecular weight is 371 g/mol. The number of carbonyl (C=O) groups is 1. The van der Waals surface area contributed by atoms with Crippen LogP contribution in [0.4, 0.5) is 5.82 Å². The van der Waals surface area contributed by atoms with E-state index >= 15 is 0 Å². The van der Waals surface area contributed by atoms with E-state index in [-0.39, 0.29) is 11.7 Å². The molecular weight excluding hydrogens is 342 g/mol. The number of carbonyl (C=O) groups excluding carboxylic acids is 1. The topological polar surface area (TPSA) is 79.2 Å². The Morgan fingerprint density at radius 2 is 2.04 bits per heavy atom. The lowest BCUT2D eigenvalue weighted by Crippen LogP contribution is -2.33. The van der Waals surface area contributed by atoms with Crippen LogP contribution in [0.2, 0.25) is 0 Å². The van der Waals surface area contributed by atoms with E-state index in [1.807, 2.05) is 34.0 Å². The molecule has 0 saturated carbocycles. The Hall–Kier alpha value is -2.48. The maximum atomic E-state index is 12.6. The molecule has 0 bridgehead atoms. The summed E-state index contributed by atoms with van der Waals surface area (Å²) in [7, 11) is 6.07. The van der Waals surface area contributed by atoms with E-state index in [1.54, 1.807) is 4.68 Å². The number of hydrogen-bond acceptors (Lipinski definition) is 6. The highest BCUT2D eigenvalue weighted by atomic mass is 16.2. The Morgan fingerprint density at radius 3 is 2.63 bits per heavy atom. The molecular formula is C19H29N7O. The van der Waals surface area contributed by atoms with Crippen molar-refractivity contribution in [3.8, 4) is 0 Å². The number of nitrogens with one attached hydrogen (secondary N) is 1. The van der Waals surface area contributed by atoms with Gasteiger partial charge in [0.15, 0.2) is 0 Å². The fraction of sp³-hybridized carbons (Fsp3) is 0.579. The van der Waals surface area contributed by atoms with E-state index in [2.05, 4.69) is 44.3 Å². The van der Waals surface area contributed by atoms with E-state index in [4.69, 9.17) is 0 Å². The molecule has 1 atom stereocenters. The standard InChI is InChI=1S/C19H29N7O/c1-12-10-25(6)23-16(12)9-20-19(27)17-21-14(3)13(2)18(22-17)26-8-7-15(11-26)24(4)5/h10,15H,7-9,11H2,1-6H3,(H,20,27)/t15-/m1/s1. The number of rotatable bonds is 5. The van der Waals surface area contributed by atoms with Crippen LogP contribution in [0.25, 0.3) is 0 Å². The lowest BCUT2D eigenvalue weighted by atomic mass is 10.2. The van der Waals surface area contributed by atoms with Gasteiger partial charge in [0.05, 0.1) is 12.2 Å². The number of hydrogen-bond donors (Lipinski definition) is 1. The summed E-state index contributed by atoms with van der Waals surface area (Å²) in [6.07, 6.45) is 3.02. The van der Waals surface area contributed by atoms with Gasteiger partial charge in [0.2, 0.25) is 5.82 Å². The molecule has 146 valence electrons. The van der Waals surface area contributed by atoms with E-state index in [0.29, 0.717) is 12.6 Å². The molecule has 0 unspecified atom stereocenters. The van der Waals surface area contributed by atoms with Crippen LogP contribution >= 0.6 is 0 Å². The number of nitrogens with zero attached hydrogens (tertiary/aromatic N) is 6. The SMILES string of the molecule is Cc1cn(C)nc1CNC(=O)c1nc(C)c(C)c(N2CC[C@@H](N(C)C)C2)n1. The third-order valence-corrected chi connectivity index (χ3v) is 5.29. The van der Waals surface area contributed by atoms with E-state index in [9.17, 15) is 4.79 Å². The summed E-state index contributed by atoms with van der Waals surface area (Å²) in [5.74, 6) is 0.814. The van der Waals surface area contributed by atoms with Crippen LogP contribution in [0.1, 0.15) is 39.6 Å². The third-order valence-electron chi connectivity index (χ3n) is 5.29. The van der Waals surface area contributed by atoms with Gasteiger partial charge in [-0.1, -0.05) is 0 Å². The Kier molecular flexibility index (Phi) is 5.46. The molecule has 2 aromatic rings. The first-order valence-electron chi connectivity index (χ1n) is 9.30. The quantitative estimate of drug-likeness (QED) is 0.851. The molecule has 2 aromatic heterocycles. The predicted molar refractivity (Wildman–Crippen MR) is 105 cm³/mol. The van der Waals surface area contributed by atoms with Gasteiger partial charge in [0, 0.05) is 43.6 Å².